The Morgan fingerprint density at radius 1 is 0.780 bits per heavy atom. The summed E-state index contributed by atoms with van der Waals surface area (Å²) in [6.45, 7) is 20.4. The number of allylic oxidation sites excluding steroid dienone is 1. The summed E-state index contributed by atoms with van der Waals surface area (Å²) >= 11 is 0. The molecule has 3 rings (SSSR count). The third-order valence-corrected chi connectivity index (χ3v) is 11.1. The van der Waals surface area contributed by atoms with E-state index in [2.05, 4.69) is 0 Å². The van der Waals surface area contributed by atoms with Gasteiger partial charge in [-0.05, 0) is 61.9 Å². The normalized spacial score (nSPS) is 34.9. The van der Waals surface area contributed by atoms with Crippen LogP contribution in [-0.4, -0.2) is 71.6 Å². The molecule has 0 saturated heterocycles. The Kier molecular flexibility index (Phi) is 14.1. The fourth-order valence-electron chi connectivity index (χ4n) is 8.92. The molecular weight excluding hydrogens is 644 g/mol. The molecule has 11 nitrogen and oxygen atoms in total. The van der Waals surface area contributed by atoms with Crippen molar-refractivity contribution < 1.29 is 52.8 Å². The van der Waals surface area contributed by atoms with E-state index in [4.69, 9.17) is 23.7 Å². The smallest absolute Gasteiger partial charge is 0.306 e. The molecule has 284 valence electrons. The minimum Gasteiger partial charge on any atom is -0.462 e. The van der Waals surface area contributed by atoms with Crippen molar-refractivity contribution in [1.29, 1.82) is 0 Å². The van der Waals surface area contributed by atoms with Crippen molar-refractivity contribution >= 4 is 29.8 Å². The van der Waals surface area contributed by atoms with Gasteiger partial charge in [0.2, 0.25) is 0 Å². The number of esters is 5. The topological polar surface area (TPSA) is 152 Å². The van der Waals surface area contributed by atoms with Gasteiger partial charge in [0.05, 0.1) is 0 Å². The summed E-state index contributed by atoms with van der Waals surface area (Å²) < 4.78 is 31.1. The minimum absolute atomic E-state index is 0.0251. The quantitative estimate of drug-likeness (QED) is 0.124. The molecule has 11 atom stereocenters. The van der Waals surface area contributed by atoms with Crippen molar-refractivity contribution in [3.05, 3.63) is 11.6 Å². The van der Waals surface area contributed by atoms with Crippen LogP contribution in [0.2, 0.25) is 0 Å². The number of aliphatic hydroxyl groups excluding tert-OH is 1. The monoisotopic (exact) mass is 706 g/mol. The van der Waals surface area contributed by atoms with Crippen molar-refractivity contribution in [3.63, 3.8) is 0 Å². The van der Waals surface area contributed by atoms with Gasteiger partial charge >= 0.3 is 29.8 Å². The number of hydrogen-bond acceptors (Lipinski definition) is 11. The average molecular weight is 707 g/mol. The van der Waals surface area contributed by atoms with Crippen LogP contribution < -0.4 is 0 Å². The third-order valence-electron chi connectivity index (χ3n) is 11.1. The van der Waals surface area contributed by atoms with Gasteiger partial charge in [-0.1, -0.05) is 68.4 Å². The first-order chi connectivity index (χ1) is 23.4. The number of hydrogen-bond donors (Lipinski definition) is 1. The Morgan fingerprint density at radius 2 is 1.30 bits per heavy atom. The first kappa shape index (κ1) is 41.5. The van der Waals surface area contributed by atoms with E-state index in [1.807, 2.05) is 68.4 Å². The number of rotatable bonds is 14. The lowest BCUT2D eigenvalue weighted by molar-refractivity contribution is -0.226. The summed E-state index contributed by atoms with van der Waals surface area (Å²) in [6, 6.07) is 0. The molecule has 3 aliphatic rings. The Morgan fingerprint density at radius 3 is 1.78 bits per heavy atom. The van der Waals surface area contributed by atoms with Crippen molar-refractivity contribution in [2.45, 2.75) is 164 Å². The zero-order valence-electron chi connectivity index (χ0n) is 32.1. The van der Waals surface area contributed by atoms with Crippen LogP contribution >= 0.6 is 0 Å². The van der Waals surface area contributed by atoms with E-state index in [1.165, 1.54) is 6.92 Å². The molecule has 2 fully saturated rings. The second-order valence-electron chi connectivity index (χ2n) is 16.0. The third kappa shape index (κ3) is 8.56. The number of carbonyl (C=O) groups excluding carboxylic acids is 5. The highest BCUT2D eigenvalue weighted by molar-refractivity contribution is 5.72. The van der Waals surface area contributed by atoms with Gasteiger partial charge in [0.25, 0.3) is 0 Å². The Balaban J connectivity index is 2.41. The second kappa shape index (κ2) is 17.0. The summed E-state index contributed by atoms with van der Waals surface area (Å²) in [6.07, 6.45) is -2.13. The predicted molar refractivity (Wildman–Crippen MR) is 185 cm³/mol. The van der Waals surface area contributed by atoms with E-state index in [9.17, 15) is 29.1 Å². The molecule has 1 N–H and O–H groups in total. The lowest BCUT2D eigenvalue weighted by atomic mass is 9.49. The maximum atomic E-state index is 13.5. The van der Waals surface area contributed by atoms with Gasteiger partial charge in [0.1, 0.15) is 30.5 Å². The predicted octanol–water partition coefficient (Wildman–Crippen LogP) is 6.27. The highest BCUT2D eigenvalue weighted by Gasteiger charge is 2.74. The zero-order valence-corrected chi connectivity index (χ0v) is 32.1. The van der Waals surface area contributed by atoms with Gasteiger partial charge in [-0.25, -0.2) is 0 Å². The van der Waals surface area contributed by atoms with Gasteiger partial charge < -0.3 is 28.8 Å². The fraction of sp³-hybridized carbons (Fsp3) is 0.821. The molecule has 0 aromatic rings. The molecule has 0 unspecified atom stereocenters. The van der Waals surface area contributed by atoms with Crippen molar-refractivity contribution in [2.75, 3.05) is 0 Å². The van der Waals surface area contributed by atoms with E-state index < -0.39 is 95.1 Å². The summed E-state index contributed by atoms with van der Waals surface area (Å²) in [7, 11) is 0. The number of ether oxygens (including phenoxy) is 5. The van der Waals surface area contributed by atoms with Crippen LogP contribution in [0.25, 0.3) is 0 Å². The van der Waals surface area contributed by atoms with Gasteiger partial charge in [-0.2, -0.15) is 0 Å². The van der Waals surface area contributed by atoms with Crippen LogP contribution in [0, 0.1) is 40.4 Å². The second-order valence-corrected chi connectivity index (χ2v) is 16.0. The molecule has 0 bridgehead atoms. The SMILES string of the molecule is CCCC(=O)O[C@@H]1[C@@H](OC(C)=O)[C@@H](O)C(C)=C[C@@H]2[C@H]3[C@@H](C(C)C)[C@@H](OC(=O)CC(C)C)[C@H](OC(=O)CCC)[C@@]3(C)[C@@H](OC(=O)CCC)C[C@]21C. The van der Waals surface area contributed by atoms with Crippen LogP contribution in [0.15, 0.2) is 11.6 Å². The van der Waals surface area contributed by atoms with E-state index >= 15 is 0 Å². The first-order valence-electron chi connectivity index (χ1n) is 18.7. The number of fused-ring (bicyclic) bond motifs is 3. The van der Waals surface area contributed by atoms with Gasteiger partial charge in [0, 0.05) is 49.4 Å². The minimum atomic E-state index is -1.30. The molecule has 3 aliphatic carbocycles. The van der Waals surface area contributed by atoms with E-state index in [0.717, 1.165) is 0 Å². The Labute approximate surface area is 298 Å². The van der Waals surface area contributed by atoms with Crippen LogP contribution in [0.1, 0.15) is 128 Å². The van der Waals surface area contributed by atoms with E-state index in [1.54, 1.807) is 6.92 Å². The van der Waals surface area contributed by atoms with Gasteiger partial charge in [-0.15, -0.1) is 0 Å². The summed E-state index contributed by atoms with van der Waals surface area (Å²) in [4.78, 5) is 66.1. The average Bonchev–Trinajstić information content (AvgIpc) is 3.20. The van der Waals surface area contributed by atoms with Crippen LogP contribution in [0.4, 0.5) is 0 Å². The highest BCUT2D eigenvalue weighted by Crippen LogP contribution is 2.67. The molecule has 0 amide bonds. The number of aliphatic hydroxyl groups is 1. The summed E-state index contributed by atoms with van der Waals surface area (Å²) in [5, 5.41) is 11.7. The molecular formula is C39H62O11. The van der Waals surface area contributed by atoms with Crippen LogP contribution in [0.3, 0.4) is 0 Å². The first-order valence-corrected chi connectivity index (χ1v) is 18.7. The molecule has 0 radical (unpaired) electrons. The van der Waals surface area contributed by atoms with Crippen molar-refractivity contribution in [2.24, 2.45) is 40.4 Å². The van der Waals surface area contributed by atoms with Gasteiger partial charge in [0.15, 0.2) is 6.10 Å². The van der Waals surface area contributed by atoms with E-state index in [0.29, 0.717) is 24.8 Å². The largest absolute Gasteiger partial charge is 0.462 e. The maximum Gasteiger partial charge on any atom is 0.306 e. The highest BCUT2D eigenvalue weighted by atomic mass is 16.6. The molecule has 2 saturated carbocycles. The van der Waals surface area contributed by atoms with Gasteiger partial charge in [-0.3, -0.25) is 24.0 Å². The van der Waals surface area contributed by atoms with Crippen molar-refractivity contribution in [3.8, 4) is 0 Å². The maximum absolute atomic E-state index is 13.5. The molecule has 0 heterocycles. The summed E-state index contributed by atoms with van der Waals surface area (Å²) in [5.41, 5.74) is -1.62. The zero-order chi connectivity index (χ0) is 37.7. The molecule has 0 spiro atoms. The number of carbonyl (C=O) groups is 5. The van der Waals surface area contributed by atoms with E-state index in [-0.39, 0.29) is 43.9 Å². The Hall–Kier alpha value is -2.95. The molecule has 0 aromatic heterocycles. The van der Waals surface area contributed by atoms with Crippen LogP contribution in [-0.2, 0) is 47.7 Å². The fourth-order valence-corrected chi connectivity index (χ4v) is 8.92. The lowest BCUT2D eigenvalue weighted by Gasteiger charge is -2.58. The molecule has 11 heteroatoms. The molecule has 0 aliphatic heterocycles. The van der Waals surface area contributed by atoms with Crippen molar-refractivity contribution in [1.82, 2.24) is 0 Å². The summed E-state index contributed by atoms with van der Waals surface area (Å²) in [5.74, 6) is -3.91. The molecule has 50 heavy (non-hydrogen) atoms. The van der Waals surface area contributed by atoms with Crippen LogP contribution in [0.5, 0.6) is 0 Å². The lowest BCUT2D eigenvalue weighted by Crippen LogP contribution is -2.63. The Bertz CT molecular complexity index is 1270. The molecule has 0 aromatic carbocycles. The standard InChI is InChI=1S/C39H62O11/c1-12-15-27(41)47-26-20-38(10)25(19-23(8)33(45)35(46-24(9)40)36(38)49-28(42)16-13-2)32-31(22(6)7)34(48-30(44)18-21(4)5)37(39(26,32)11)50-29(43)17-14-3/h19,21-22,25-26,31-37,45H,12-18,20H2,1-11H3/t25-,26+,31-,32+,33+,34-,35+,36-,37+,38-,39+/m1/s1.